The van der Waals surface area contributed by atoms with E-state index >= 15 is 0 Å². The van der Waals surface area contributed by atoms with Crippen molar-refractivity contribution in [2.75, 3.05) is 0 Å². The molecule has 5 heteroatoms. The molecule has 1 saturated heterocycles. The number of rotatable bonds is 1. The molecule has 9 atom stereocenters. The summed E-state index contributed by atoms with van der Waals surface area (Å²) in [6.07, 6.45) is 6.72. The summed E-state index contributed by atoms with van der Waals surface area (Å²) in [7, 11) is 0. The van der Waals surface area contributed by atoms with Crippen molar-refractivity contribution in [3.8, 4) is 0 Å². The Hall–Kier alpha value is -0.940. The number of hydrogen-bond acceptors (Lipinski definition) is 5. The van der Waals surface area contributed by atoms with E-state index in [9.17, 15) is 9.59 Å². The third-order valence-electron chi connectivity index (χ3n) is 9.53. The van der Waals surface area contributed by atoms with Crippen molar-refractivity contribution in [2.45, 2.75) is 104 Å². The molecule has 5 fully saturated rings. The molecule has 0 bridgehead atoms. The van der Waals surface area contributed by atoms with E-state index in [2.05, 4.69) is 13.8 Å². The van der Waals surface area contributed by atoms with Crippen LogP contribution in [0.4, 0.5) is 0 Å². The topological polar surface area (TPSA) is 61.8 Å². The SMILES string of the molecule is CC(=O)O[C@@H]1CC[C@@]2(C)[C@H](C1)[C@H]1OC(C)(C)O[C@@H]1[C@@H]1[C@@H]2CC[C@]2(C)C(=O)CC[C@@H]12. The molecular formula is C24H36O5. The van der Waals surface area contributed by atoms with Crippen LogP contribution in [0.5, 0.6) is 0 Å². The zero-order valence-corrected chi connectivity index (χ0v) is 18.5. The molecule has 29 heavy (non-hydrogen) atoms. The maximum atomic E-state index is 12.8. The molecule has 5 aliphatic rings. The van der Waals surface area contributed by atoms with Crippen molar-refractivity contribution in [2.24, 2.45) is 34.5 Å². The maximum absolute atomic E-state index is 12.8. The van der Waals surface area contributed by atoms with Crippen molar-refractivity contribution in [1.82, 2.24) is 0 Å². The van der Waals surface area contributed by atoms with Gasteiger partial charge in [0.25, 0.3) is 0 Å². The van der Waals surface area contributed by atoms with Gasteiger partial charge in [-0.1, -0.05) is 13.8 Å². The van der Waals surface area contributed by atoms with E-state index < -0.39 is 5.79 Å². The van der Waals surface area contributed by atoms with Crippen molar-refractivity contribution in [3.63, 3.8) is 0 Å². The Labute approximate surface area is 174 Å². The van der Waals surface area contributed by atoms with Gasteiger partial charge in [-0.2, -0.15) is 0 Å². The summed E-state index contributed by atoms with van der Waals surface area (Å²) in [6, 6.07) is 0. The molecular weight excluding hydrogens is 368 g/mol. The van der Waals surface area contributed by atoms with Gasteiger partial charge in [0.1, 0.15) is 11.9 Å². The highest BCUT2D eigenvalue weighted by molar-refractivity contribution is 5.87. The third kappa shape index (κ3) is 2.79. The van der Waals surface area contributed by atoms with Gasteiger partial charge < -0.3 is 14.2 Å². The van der Waals surface area contributed by atoms with E-state index in [4.69, 9.17) is 14.2 Å². The van der Waals surface area contributed by atoms with E-state index in [1.165, 1.54) is 6.92 Å². The molecule has 1 aliphatic heterocycles. The first-order chi connectivity index (χ1) is 13.6. The van der Waals surface area contributed by atoms with Crippen molar-refractivity contribution in [1.29, 1.82) is 0 Å². The Bertz CT molecular complexity index is 731. The maximum Gasteiger partial charge on any atom is 0.302 e. The molecule has 0 amide bonds. The van der Waals surface area contributed by atoms with Gasteiger partial charge in [-0.05, 0) is 81.5 Å². The molecule has 4 saturated carbocycles. The number of fused-ring (bicyclic) bond motifs is 8. The monoisotopic (exact) mass is 404 g/mol. The van der Waals surface area contributed by atoms with Crippen LogP contribution >= 0.6 is 0 Å². The molecule has 4 aliphatic carbocycles. The zero-order chi connectivity index (χ0) is 20.8. The molecule has 0 aromatic rings. The largest absolute Gasteiger partial charge is 0.463 e. The van der Waals surface area contributed by atoms with E-state index in [0.29, 0.717) is 29.5 Å². The van der Waals surface area contributed by atoms with Crippen molar-refractivity contribution < 1.29 is 23.8 Å². The molecule has 5 rings (SSSR count). The second-order valence-corrected chi connectivity index (χ2v) is 11.4. The summed E-state index contributed by atoms with van der Waals surface area (Å²) in [5.74, 6) is 1.34. The molecule has 0 N–H and O–H groups in total. The Morgan fingerprint density at radius 2 is 1.69 bits per heavy atom. The van der Waals surface area contributed by atoms with E-state index in [0.717, 1.165) is 44.9 Å². The first-order valence-corrected chi connectivity index (χ1v) is 11.6. The molecule has 162 valence electrons. The molecule has 0 aromatic carbocycles. The molecule has 5 nitrogen and oxygen atoms in total. The fraction of sp³-hybridized carbons (Fsp3) is 0.917. The van der Waals surface area contributed by atoms with Crippen LogP contribution in [0.3, 0.4) is 0 Å². The Balaban J connectivity index is 1.53. The van der Waals surface area contributed by atoms with Gasteiger partial charge in [0, 0.05) is 18.8 Å². The van der Waals surface area contributed by atoms with Crippen molar-refractivity contribution >= 4 is 11.8 Å². The van der Waals surface area contributed by atoms with E-state index in [1.54, 1.807) is 0 Å². The minimum absolute atomic E-state index is 0.0167. The van der Waals surface area contributed by atoms with Gasteiger partial charge in [-0.25, -0.2) is 0 Å². The second kappa shape index (κ2) is 6.29. The predicted molar refractivity (Wildman–Crippen MR) is 107 cm³/mol. The van der Waals surface area contributed by atoms with Gasteiger partial charge in [-0.3, -0.25) is 9.59 Å². The number of ketones is 1. The molecule has 0 spiro atoms. The normalized spacial score (nSPS) is 52.9. The number of carbonyl (C=O) groups is 2. The third-order valence-corrected chi connectivity index (χ3v) is 9.53. The summed E-state index contributed by atoms with van der Waals surface area (Å²) in [5.41, 5.74) is -0.0286. The van der Waals surface area contributed by atoms with Crippen LogP contribution in [0.15, 0.2) is 0 Å². The van der Waals surface area contributed by atoms with Crippen LogP contribution in [0.2, 0.25) is 0 Å². The molecule has 1 heterocycles. The molecule has 0 aromatic heterocycles. The lowest BCUT2D eigenvalue weighted by atomic mass is 9.44. The Kier molecular flexibility index (Phi) is 4.33. The first-order valence-electron chi connectivity index (χ1n) is 11.6. The number of Topliss-reactive ketones (excluding diaryl/α,β-unsaturated/α-hetero) is 1. The van der Waals surface area contributed by atoms with Gasteiger partial charge >= 0.3 is 5.97 Å². The van der Waals surface area contributed by atoms with Gasteiger partial charge in [0.05, 0.1) is 12.2 Å². The minimum Gasteiger partial charge on any atom is -0.463 e. The van der Waals surface area contributed by atoms with Gasteiger partial charge in [0.15, 0.2) is 5.79 Å². The average molecular weight is 405 g/mol. The quantitative estimate of drug-likeness (QED) is 0.611. The lowest BCUT2D eigenvalue weighted by molar-refractivity contribution is -0.192. The highest BCUT2D eigenvalue weighted by Gasteiger charge is 2.68. The second-order valence-electron chi connectivity index (χ2n) is 11.4. The van der Waals surface area contributed by atoms with Crippen LogP contribution in [0.25, 0.3) is 0 Å². The smallest absolute Gasteiger partial charge is 0.302 e. The van der Waals surface area contributed by atoms with Gasteiger partial charge in [0.2, 0.25) is 0 Å². The molecule has 0 radical (unpaired) electrons. The van der Waals surface area contributed by atoms with E-state index in [1.807, 2.05) is 13.8 Å². The van der Waals surface area contributed by atoms with Gasteiger partial charge in [-0.15, -0.1) is 0 Å². The molecule has 0 unspecified atom stereocenters. The van der Waals surface area contributed by atoms with Crippen LogP contribution in [0.1, 0.15) is 79.6 Å². The summed E-state index contributed by atoms with van der Waals surface area (Å²) < 4.78 is 18.8. The highest BCUT2D eigenvalue weighted by atomic mass is 16.8. The van der Waals surface area contributed by atoms with E-state index in [-0.39, 0.29) is 35.1 Å². The number of carbonyl (C=O) groups excluding carboxylic acids is 2. The Morgan fingerprint density at radius 1 is 0.966 bits per heavy atom. The summed E-state index contributed by atoms with van der Waals surface area (Å²) in [5, 5.41) is 0. The first kappa shape index (κ1) is 20.0. The average Bonchev–Trinajstić information content (AvgIpc) is 3.11. The lowest BCUT2D eigenvalue weighted by Crippen LogP contribution is -2.63. The van der Waals surface area contributed by atoms with Crippen LogP contribution in [-0.4, -0.2) is 35.9 Å². The van der Waals surface area contributed by atoms with Crippen molar-refractivity contribution in [3.05, 3.63) is 0 Å². The fourth-order valence-electron chi connectivity index (χ4n) is 8.26. The van der Waals surface area contributed by atoms with Crippen LogP contribution in [0, 0.1) is 34.5 Å². The summed E-state index contributed by atoms with van der Waals surface area (Å²) >= 11 is 0. The standard InChI is InChI=1S/C24H36O5/c1-13(25)27-14-8-10-23(4)16-9-11-24(5)15(6-7-18(24)26)19(16)21-20(17(23)12-14)28-22(2,3)29-21/h14-17,19-21H,6-12H2,1-5H3/t14-,15+,16+,17-,19+,20-,21-,23-,24+/m1/s1. The lowest BCUT2D eigenvalue weighted by Gasteiger charge is -2.62. The number of hydrogen-bond donors (Lipinski definition) is 0. The number of esters is 1. The summed E-state index contributed by atoms with van der Waals surface area (Å²) in [6.45, 7) is 10.2. The summed E-state index contributed by atoms with van der Waals surface area (Å²) in [4.78, 5) is 24.4. The minimum atomic E-state index is -0.601. The highest BCUT2D eigenvalue weighted by Crippen LogP contribution is 2.67. The Morgan fingerprint density at radius 3 is 2.41 bits per heavy atom. The predicted octanol–water partition coefficient (Wildman–Crippen LogP) is 4.27. The fourth-order valence-corrected chi connectivity index (χ4v) is 8.26. The number of ether oxygens (including phenoxy) is 3. The van der Waals surface area contributed by atoms with Crippen LogP contribution < -0.4 is 0 Å². The zero-order valence-electron chi connectivity index (χ0n) is 18.5. The van der Waals surface area contributed by atoms with Crippen LogP contribution in [-0.2, 0) is 23.8 Å².